The Morgan fingerprint density at radius 3 is 1.48 bits per heavy atom. The van der Waals surface area contributed by atoms with E-state index in [0.717, 1.165) is 49.7 Å². The zero-order valence-electron chi connectivity index (χ0n) is 27.2. The summed E-state index contributed by atoms with van der Waals surface area (Å²) in [5, 5.41) is 4.66. The molecule has 0 unspecified atom stereocenters. The molecule has 9 rings (SSSR count). The molecule has 50 heavy (non-hydrogen) atoms. The van der Waals surface area contributed by atoms with Crippen LogP contribution in [0.15, 0.2) is 188 Å². The predicted octanol–water partition coefficient (Wildman–Crippen LogP) is 12.2. The van der Waals surface area contributed by atoms with Crippen molar-refractivity contribution in [2.24, 2.45) is 0 Å². The van der Waals surface area contributed by atoms with Crippen LogP contribution >= 0.6 is 0 Å². The van der Waals surface area contributed by atoms with E-state index in [2.05, 4.69) is 176 Å². The van der Waals surface area contributed by atoms with Crippen LogP contribution < -0.4 is 0 Å². The second-order valence-electron chi connectivity index (χ2n) is 12.5. The average molecular weight is 638 g/mol. The first-order valence-electron chi connectivity index (χ1n) is 16.9. The molecule has 0 saturated carbocycles. The minimum atomic E-state index is 0.635. The van der Waals surface area contributed by atoms with Crippen molar-refractivity contribution in [1.82, 2.24) is 15.0 Å². The van der Waals surface area contributed by atoms with Crippen LogP contribution in [0.25, 0.3) is 89.1 Å². The van der Waals surface area contributed by atoms with E-state index in [4.69, 9.17) is 15.0 Å². The van der Waals surface area contributed by atoms with Crippen LogP contribution in [0.1, 0.15) is 0 Å². The molecule has 0 aliphatic carbocycles. The number of aromatic nitrogens is 3. The van der Waals surface area contributed by atoms with Gasteiger partial charge in [-0.15, -0.1) is 0 Å². The average Bonchev–Trinajstić information content (AvgIpc) is 3.21. The number of nitrogens with zero attached hydrogens (tertiary/aromatic N) is 3. The first kappa shape index (κ1) is 29.4. The molecule has 0 fully saturated rings. The second-order valence-corrected chi connectivity index (χ2v) is 12.5. The Morgan fingerprint density at radius 1 is 0.240 bits per heavy atom. The summed E-state index contributed by atoms with van der Waals surface area (Å²) >= 11 is 0. The molecular weight excluding hydrogens is 607 g/mol. The summed E-state index contributed by atoms with van der Waals surface area (Å²) in [4.78, 5) is 15.5. The quantitative estimate of drug-likeness (QED) is 0.182. The Bertz CT molecular complexity index is 2640. The number of hydrogen-bond acceptors (Lipinski definition) is 3. The summed E-state index contributed by atoms with van der Waals surface area (Å²) < 4.78 is 0. The van der Waals surface area contributed by atoms with E-state index in [0.29, 0.717) is 17.5 Å². The maximum Gasteiger partial charge on any atom is 0.164 e. The van der Waals surface area contributed by atoms with Gasteiger partial charge < -0.3 is 0 Å². The molecule has 9 aromatic rings. The molecule has 0 atom stereocenters. The number of hydrogen-bond donors (Lipinski definition) is 0. The summed E-state index contributed by atoms with van der Waals surface area (Å²) in [6, 6.07) is 65.8. The van der Waals surface area contributed by atoms with E-state index in [9.17, 15) is 0 Å². The van der Waals surface area contributed by atoms with Crippen molar-refractivity contribution in [3.8, 4) is 67.5 Å². The Hall–Kier alpha value is -6.71. The van der Waals surface area contributed by atoms with Crippen molar-refractivity contribution in [3.05, 3.63) is 188 Å². The fourth-order valence-corrected chi connectivity index (χ4v) is 6.79. The Kier molecular flexibility index (Phi) is 7.49. The van der Waals surface area contributed by atoms with E-state index in [1.54, 1.807) is 0 Å². The van der Waals surface area contributed by atoms with E-state index >= 15 is 0 Å². The molecule has 1 aromatic heterocycles. The standard InChI is InChI=1S/C47H31N3/c1-3-13-32(14-4-1)36-25-26-39-30-37(27-28-38(39)29-36)35-19-11-20-40(31-35)45-48-46(43-23-10-9-22-41(43)33-15-5-2-6-16-33)50-47(49-45)44-24-12-18-34-17-7-8-21-42(34)44/h1-31H. The maximum atomic E-state index is 5.17. The monoisotopic (exact) mass is 637 g/mol. The van der Waals surface area contributed by atoms with E-state index in [-0.39, 0.29) is 0 Å². The van der Waals surface area contributed by atoms with E-state index < -0.39 is 0 Å². The lowest BCUT2D eigenvalue weighted by molar-refractivity contribution is 1.08. The highest BCUT2D eigenvalue weighted by molar-refractivity contribution is 5.96. The van der Waals surface area contributed by atoms with Gasteiger partial charge in [0.15, 0.2) is 17.5 Å². The summed E-state index contributed by atoms with van der Waals surface area (Å²) in [6.07, 6.45) is 0. The van der Waals surface area contributed by atoms with Gasteiger partial charge in [0.25, 0.3) is 0 Å². The molecule has 0 N–H and O–H groups in total. The van der Waals surface area contributed by atoms with Crippen LogP contribution in [-0.4, -0.2) is 15.0 Å². The van der Waals surface area contributed by atoms with Gasteiger partial charge in [0.2, 0.25) is 0 Å². The van der Waals surface area contributed by atoms with E-state index in [1.165, 1.54) is 21.9 Å². The second kappa shape index (κ2) is 12.7. The molecule has 0 saturated heterocycles. The lowest BCUT2D eigenvalue weighted by Crippen LogP contribution is -2.01. The van der Waals surface area contributed by atoms with Gasteiger partial charge in [0.1, 0.15) is 0 Å². The van der Waals surface area contributed by atoms with Gasteiger partial charge in [0, 0.05) is 16.7 Å². The normalized spacial score (nSPS) is 11.2. The van der Waals surface area contributed by atoms with E-state index in [1.807, 2.05) is 12.1 Å². The van der Waals surface area contributed by atoms with Gasteiger partial charge in [-0.1, -0.05) is 170 Å². The van der Waals surface area contributed by atoms with Gasteiger partial charge in [-0.2, -0.15) is 0 Å². The Morgan fingerprint density at radius 2 is 0.720 bits per heavy atom. The number of benzene rings is 8. The van der Waals surface area contributed by atoms with Crippen molar-refractivity contribution in [2.75, 3.05) is 0 Å². The van der Waals surface area contributed by atoms with Crippen LogP contribution in [0, 0.1) is 0 Å². The molecule has 3 heteroatoms. The molecule has 3 nitrogen and oxygen atoms in total. The van der Waals surface area contributed by atoms with Crippen molar-refractivity contribution in [1.29, 1.82) is 0 Å². The summed E-state index contributed by atoms with van der Waals surface area (Å²) in [5.41, 5.74) is 9.76. The third kappa shape index (κ3) is 5.61. The fraction of sp³-hybridized carbons (Fsp3) is 0. The fourth-order valence-electron chi connectivity index (χ4n) is 6.79. The molecule has 0 spiro atoms. The van der Waals surface area contributed by atoms with Crippen molar-refractivity contribution in [3.63, 3.8) is 0 Å². The highest BCUT2D eigenvalue weighted by Gasteiger charge is 2.17. The lowest BCUT2D eigenvalue weighted by atomic mass is 9.97. The summed E-state index contributed by atoms with van der Waals surface area (Å²) in [7, 11) is 0. The summed E-state index contributed by atoms with van der Waals surface area (Å²) in [5.74, 6) is 1.92. The maximum absolute atomic E-state index is 5.17. The Labute approximate surface area is 291 Å². The Balaban J connectivity index is 1.18. The molecule has 0 radical (unpaired) electrons. The predicted molar refractivity (Wildman–Crippen MR) is 207 cm³/mol. The largest absolute Gasteiger partial charge is 0.208 e. The van der Waals surface area contributed by atoms with Gasteiger partial charge in [-0.3, -0.25) is 0 Å². The third-order valence-corrected chi connectivity index (χ3v) is 9.32. The molecule has 8 aromatic carbocycles. The summed E-state index contributed by atoms with van der Waals surface area (Å²) in [6.45, 7) is 0. The van der Waals surface area contributed by atoms with Crippen LogP contribution in [-0.2, 0) is 0 Å². The van der Waals surface area contributed by atoms with Crippen molar-refractivity contribution < 1.29 is 0 Å². The van der Waals surface area contributed by atoms with Crippen LogP contribution in [0.5, 0.6) is 0 Å². The van der Waals surface area contributed by atoms with Gasteiger partial charge >= 0.3 is 0 Å². The first-order valence-corrected chi connectivity index (χ1v) is 16.9. The third-order valence-electron chi connectivity index (χ3n) is 9.32. The minimum absolute atomic E-state index is 0.635. The molecule has 0 aliphatic rings. The molecule has 234 valence electrons. The number of fused-ring (bicyclic) bond motifs is 2. The molecule has 1 heterocycles. The SMILES string of the molecule is c1ccc(-c2ccc3cc(-c4cccc(-c5nc(-c6ccccc6-c6ccccc6)nc(-c6cccc7ccccc67)n5)c4)ccc3c2)cc1. The molecular formula is C47H31N3. The lowest BCUT2D eigenvalue weighted by Gasteiger charge is -2.13. The molecule has 0 amide bonds. The smallest absolute Gasteiger partial charge is 0.164 e. The van der Waals surface area contributed by atoms with Crippen LogP contribution in [0.3, 0.4) is 0 Å². The van der Waals surface area contributed by atoms with Crippen LogP contribution in [0.2, 0.25) is 0 Å². The first-order chi connectivity index (χ1) is 24.8. The van der Waals surface area contributed by atoms with Gasteiger partial charge in [0.05, 0.1) is 0 Å². The molecule has 0 aliphatic heterocycles. The topological polar surface area (TPSA) is 38.7 Å². The van der Waals surface area contributed by atoms with Crippen LogP contribution in [0.4, 0.5) is 0 Å². The van der Waals surface area contributed by atoms with Gasteiger partial charge in [-0.25, -0.2) is 15.0 Å². The minimum Gasteiger partial charge on any atom is -0.208 e. The molecule has 0 bridgehead atoms. The zero-order valence-corrected chi connectivity index (χ0v) is 27.2. The highest BCUT2D eigenvalue weighted by atomic mass is 15.0. The van der Waals surface area contributed by atoms with Gasteiger partial charge in [-0.05, 0) is 73.1 Å². The van der Waals surface area contributed by atoms with Crippen molar-refractivity contribution in [2.45, 2.75) is 0 Å². The highest BCUT2D eigenvalue weighted by Crippen LogP contribution is 2.35. The zero-order chi connectivity index (χ0) is 33.3. The van der Waals surface area contributed by atoms with Crippen molar-refractivity contribution >= 4 is 21.5 Å². The number of rotatable bonds is 6.